The highest BCUT2D eigenvalue weighted by atomic mass is 16.6. The van der Waals surface area contributed by atoms with Crippen LogP contribution in [0.25, 0.3) is 0 Å². The lowest BCUT2D eigenvalue weighted by atomic mass is 9.80. The predicted octanol–water partition coefficient (Wildman–Crippen LogP) is 6.01. The molecule has 0 bridgehead atoms. The molecule has 0 radical (unpaired) electrons. The number of ketones is 2. The quantitative estimate of drug-likeness (QED) is 0.0407. The fourth-order valence-electron chi connectivity index (χ4n) is 8.40. The average Bonchev–Trinajstić information content (AvgIpc) is 3.21. The molecule has 1 saturated carbocycles. The van der Waals surface area contributed by atoms with Gasteiger partial charge in [0.15, 0.2) is 5.78 Å². The molecule has 0 aromatic rings. The van der Waals surface area contributed by atoms with Gasteiger partial charge in [0.1, 0.15) is 25.0 Å². The third-order valence-electron chi connectivity index (χ3n) is 12.4. The lowest BCUT2D eigenvalue weighted by Gasteiger charge is -2.42. The maximum absolute atomic E-state index is 14.0. The molecule has 2 aliphatic heterocycles. The zero-order valence-electron chi connectivity index (χ0n) is 35.9. The van der Waals surface area contributed by atoms with Gasteiger partial charge in [-0.05, 0) is 107 Å². The Morgan fingerprint density at radius 3 is 2.28 bits per heavy atom. The van der Waals surface area contributed by atoms with E-state index in [0.717, 1.165) is 44.0 Å². The molecular formula is C46H71NO11. The second kappa shape index (κ2) is 24.1. The number of ether oxygens (including phenoxy) is 3. The summed E-state index contributed by atoms with van der Waals surface area (Å²) in [4.78, 5) is 66.2. The molecule has 12 heteroatoms. The predicted molar refractivity (Wildman–Crippen MR) is 221 cm³/mol. The Bertz CT molecular complexity index is 1480. The summed E-state index contributed by atoms with van der Waals surface area (Å²) < 4.78 is 18.0. The summed E-state index contributed by atoms with van der Waals surface area (Å²) in [6.45, 7) is 10.9. The molecule has 2 saturated heterocycles. The van der Waals surface area contributed by atoms with Gasteiger partial charge in [0.05, 0.1) is 18.3 Å². The summed E-state index contributed by atoms with van der Waals surface area (Å²) in [6.07, 6.45) is 19.4. The van der Waals surface area contributed by atoms with Crippen molar-refractivity contribution >= 4 is 29.7 Å². The van der Waals surface area contributed by atoms with E-state index in [1.54, 1.807) is 33.1 Å². The maximum Gasteiger partial charge on any atom is 0.329 e. The van der Waals surface area contributed by atoms with Crippen LogP contribution in [0.4, 0.5) is 0 Å². The number of Topliss-reactive ketones (excluding diaryl/α,β-unsaturated/α-hetero) is 2. The maximum atomic E-state index is 14.0. The highest BCUT2D eigenvalue weighted by molar-refractivity contribution is 6.39. The minimum absolute atomic E-state index is 0.0925. The van der Waals surface area contributed by atoms with Crippen LogP contribution in [0.5, 0.6) is 0 Å². The molecule has 3 fully saturated rings. The second-order valence-electron chi connectivity index (χ2n) is 17.3. The van der Waals surface area contributed by atoms with Crippen molar-refractivity contribution in [2.24, 2.45) is 35.5 Å². The van der Waals surface area contributed by atoms with Gasteiger partial charge in [0.2, 0.25) is 5.79 Å². The zero-order valence-corrected chi connectivity index (χ0v) is 35.9. The number of hydrogen-bond donors (Lipinski definition) is 3. The van der Waals surface area contributed by atoms with Crippen molar-refractivity contribution in [3.8, 4) is 0 Å². The molecule has 0 spiro atoms. The minimum Gasteiger partial charge on any atom is -0.456 e. The van der Waals surface area contributed by atoms with Gasteiger partial charge in [0.25, 0.3) is 11.7 Å². The van der Waals surface area contributed by atoms with Crippen molar-refractivity contribution in [1.29, 1.82) is 0 Å². The monoisotopic (exact) mass is 814 g/mol. The van der Waals surface area contributed by atoms with Crippen LogP contribution >= 0.6 is 0 Å². The van der Waals surface area contributed by atoms with E-state index < -0.39 is 60.3 Å². The van der Waals surface area contributed by atoms with Gasteiger partial charge in [-0.2, -0.15) is 0 Å². The molecule has 0 aromatic carbocycles. The Morgan fingerprint density at radius 2 is 1.62 bits per heavy atom. The summed E-state index contributed by atoms with van der Waals surface area (Å²) >= 11 is 0. The molecule has 58 heavy (non-hydrogen) atoms. The molecular weight excluding hydrogens is 743 g/mol. The Balaban J connectivity index is 1.68. The number of aldehydes is 1. The van der Waals surface area contributed by atoms with E-state index in [-0.39, 0.29) is 42.1 Å². The van der Waals surface area contributed by atoms with E-state index in [4.69, 9.17) is 19.3 Å². The van der Waals surface area contributed by atoms with Crippen LogP contribution in [0.1, 0.15) is 119 Å². The number of esters is 1. The van der Waals surface area contributed by atoms with Crippen LogP contribution < -0.4 is 0 Å². The number of amides is 1. The van der Waals surface area contributed by atoms with Crippen molar-refractivity contribution in [2.45, 2.75) is 155 Å². The Kier molecular flexibility index (Phi) is 20.4. The first-order chi connectivity index (χ1) is 27.5. The van der Waals surface area contributed by atoms with E-state index in [2.05, 4.69) is 0 Å². The van der Waals surface area contributed by atoms with Crippen molar-refractivity contribution in [3.63, 3.8) is 0 Å². The summed E-state index contributed by atoms with van der Waals surface area (Å²) in [7, 11) is 1.58. The van der Waals surface area contributed by atoms with Crippen molar-refractivity contribution in [3.05, 3.63) is 48.1 Å². The number of allylic oxidation sites excluding steroid dienone is 6. The molecule has 12 nitrogen and oxygen atoms in total. The Labute approximate surface area is 346 Å². The molecule has 10 unspecified atom stereocenters. The van der Waals surface area contributed by atoms with E-state index >= 15 is 0 Å². The fraction of sp³-hybridized carbons (Fsp3) is 0.717. The summed E-state index contributed by atoms with van der Waals surface area (Å²) in [5, 5.41) is 30.9. The molecule has 1 amide bonds. The first-order valence-electron chi connectivity index (χ1n) is 21.5. The van der Waals surface area contributed by atoms with Gasteiger partial charge >= 0.3 is 5.97 Å². The van der Waals surface area contributed by atoms with Crippen LogP contribution in [0.2, 0.25) is 0 Å². The molecule has 326 valence electrons. The van der Waals surface area contributed by atoms with Crippen LogP contribution in [0.3, 0.4) is 0 Å². The number of rotatable bonds is 21. The number of carbonyl (C=O) groups is 5. The highest BCUT2D eigenvalue weighted by Gasteiger charge is 2.53. The van der Waals surface area contributed by atoms with Crippen LogP contribution in [-0.4, -0.2) is 106 Å². The topological polar surface area (TPSA) is 177 Å². The number of likely N-dealkylation sites (tertiary alicyclic amines) is 1. The first kappa shape index (κ1) is 49.1. The second-order valence-corrected chi connectivity index (χ2v) is 17.3. The van der Waals surface area contributed by atoms with Gasteiger partial charge in [-0.1, -0.05) is 71.1 Å². The van der Waals surface area contributed by atoms with E-state index in [1.807, 2.05) is 58.1 Å². The SMILES string of the molecule is COC(CC1CCC(C)C(O)(C(=O)C(=O)N2CCCCC2C(=O)OC(/C=C\C(C)C=O)C(C)CC2CCC(O)CC2)O1)C(C)=CC=CC=CC(C)CC(C)C(=O)CO. The largest absolute Gasteiger partial charge is 0.456 e. The number of nitrogens with zero attached hydrogens (tertiary/aromatic N) is 1. The normalized spacial score (nSPS) is 29.2. The molecule has 3 rings (SSSR count). The van der Waals surface area contributed by atoms with E-state index in [0.29, 0.717) is 50.9 Å². The number of aliphatic hydroxyl groups excluding tert-OH is 2. The number of hydrogen-bond acceptors (Lipinski definition) is 11. The third kappa shape index (κ3) is 14.5. The number of carbonyl (C=O) groups excluding carboxylic acids is 5. The minimum atomic E-state index is -2.39. The van der Waals surface area contributed by atoms with Crippen LogP contribution in [0, 0.1) is 35.5 Å². The van der Waals surface area contributed by atoms with Crippen molar-refractivity contribution in [2.75, 3.05) is 20.3 Å². The van der Waals surface area contributed by atoms with Gasteiger partial charge in [-0.15, -0.1) is 0 Å². The lowest BCUT2D eigenvalue weighted by Crippen LogP contribution is -2.60. The first-order valence-corrected chi connectivity index (χ1v) is 21.5. The third-order valence-corrected chi connectivity index (χ3v) is 12.4. The van der Waals surface area contributed by atoms with Gasteiger partial charge in [-0.3, -0.25) is 14.4 Å². The molecule has 3 aliphatic rings. The molecule has 1 aliphatic carbocycles. The number of methoxy groups -OCH3 is 1. The molecule has 10 atom stereocenters. The zero-order chi connectivity index (χ0) is 43.0. The van der Waals surface area contributed by atoms with Crippen LogP contribution in [-0.2, 0) is 38.2 Å². The van der Waals surface area contributed by atoms with Crippen molar-refractivity contribution in [1.82, 2.24) is 4.90 Å². The van der Waals surface area contributed by atoms with Gasteiger partial charge in [-0.25, -0.2) is 4.79 Å². The highest BCUT2D eigenvalue weighted by Crippen LogP contribution is 2.37. The lowest BCUT2D eigenvalue weighted by molar-refractivity contribution is -0.265. The summed E-state index contributed by atoms with van der Waals surface area (Å²) in [5.74, 6) is -6.10. The Hall–Kier alpha value is -3.29. The average molecular weight is 814 g/mol. The molecule has 3 N–H and O–H groups in total. The standard InChI is InChI=1S/C46H71NO11/c1-30(25-33(4)40(51)29-49)13-9-8-10-14-32(3)42(56-7)27-38-22-17-35(6)46(55,58-38)43(52)44(53)47-24-12-11-15-39(47)45(54)57-41(23-16-31(2)28-48)34(5)26-36-18-20-37(50)21-19-36/h8-10,13-14,16,23,28,30-31,33-39,41-42,49-50,55H,11-12,15,17-22,24-27,29H2,1-7H3/b10-8?,13-9?,23-16-,32-14?. The Morgan fingerprint density at radius 1 is 0.914 bits per heavy atom. The van der Waals surface area contributed by atoms with Crippen molar-refractivity contribution < 1.29 is 53.5 Å². The fourth-order valence-corrected chi connectivity index (χ4v) is 8.40. The summed E-state index contributed by atoms with van der Waals surface area (Å²) in [5.41, 5.74) is 0.894. The van der Waals surface area contributed by atoms with Crippen LogP contribution in [0.15, 0.2) is 48.1 Å². The van der Waals surface area contributed by atoms with E-state index in [9.17, 15) is 34.2 Å². The number of aliphatic hydroxyl groups is 3. The van der Waals surface area contributed by atoms with Gasteiger partial charge in [0, 0.05) is 37.8 Å². The van der Waals surface area contributed by atoms with Gasteiger partial charge < -0.3 is 39.2 Å². The van der Waals surface area contributed by atoms with E-state index in [1.165, 1.54) is 4.90 Å². The smallest absolute Gasteiger partial charge is 0.329 e. The molecule has 2 heterocycles. The summed E-state index contributed by atoms with van der Waals surface area (Å²) in [6, 6.07) is -1.02. The molecule has 0 aromatic heterocycles. The number of piperidine rings is 1.